The van der Waals surface area contributed by atoms with Crippen LogP contribution in [0, 0.1) is 0 Å². The van der Waals surface area contributed by atoms with Gasteiger partial charge >= 0.3 is 0 Å². The van der Waals surface area contributed by atoms with Crippen molar-refractivity contribution in [3.05, 3.63) is 72.8 Å². The van der Waals surface area contributed by atoms with Gasteiger partial charge in [-0.05, 0) is 39.7 Å². The molecule has 0 atom stereocenters. The van der Waals surface area contributed by atoms with Gasteiger partial charge in [0, 0.05) is 17.2 Å². The fourth-order valence-electron chi connectivity index (χ4n) is 3.04. The van der Waals surface area contributed by atoms with Gasteiger partial charge in [-0.25, -0.2) is 0 Å². The maximum absolute atomic E-state index is 10.3. The number of benzene rings is 4. The molecule has 4 aromatic carbocycles. The van der Waals surface area contributed by atoms with Crippen molar-refractivity contribution in [2.24, 2.45) is 0 Å². The first-order valence-corrected chi connectivity index (χ1v) is 7.17. The van der Waals surface area contributed by atoms with E-state index in [2.05, 4.69) is 30.3 Å². The number of rotatable bonds is 1. The average Bonchev–Trinajstić information content (AvgIpc) is 2.53. The van der Waals surface area contributed by atoms with Crippen molar-refractivity contribution in [3.8, 4) is 22.6 Å². The van der Waals surface area contributed by atoms with Gasteiger partial charge in [-0.2, -0.15) is 0 Å². The minimum atomic E-state index is 0.0609. The highest BCUT2D eigenvalue weighted by molar-refractivity contribution is 6.13. The zero-order valence-electron chi connectivity index (χ0n) is 11.8. The number of hydrogen-bond acceptors (Lipinski definition) is 2. The van der Waals surface area contributed by atoms with Crippen molar-refractivity contribution < 1.29 is 10.2 Å². The van der Waals surface area contributed by atoms with Crippen molar-refractivity contribution in [1.29, 1.82) is 0 Å². The summed E-state index contributed by atoms with van der Waals surface area (Å²) in [5.74, 6) is 0.146. The van der Waals surface area contributed by atoms with Crippen LogP contribution < -0.4 is 0 Å². The van der Waals surface area contributed by atoms with E-state index in [0.29, 0.717) is 0 Å². The van der Waals surface area contributed by atoms with Crippen molar-refractivity contribution in [2.75, 3.05) is 0 Å². The molecule has 0 amide bonds. The van der Waals surface area contributed by atoms with Crippen molar-refractivity contribution in [1.82, 2.24) is 0 Å². The Hall–Kier alpha value is -3.00. The van der Waals surface area contributed by atoms with Crippen molar-refractivity contribution in [3.63, 3.8) is 0 Å². The third-order valence-electron chi connectivity index (χ3n) is 4.02. The van der Waals surface area contributed by atoms with Gasteiger partial charge in [-0.15, -0.1) is 0 Å². The Balaban J connectivity index is 2.21. The maximum atomic E-state index is 10.3. The molecule has 0 fully saturated rings. The Morgan fingerprint density at radius 3 is 1.77 bits per heavy atom. The molecular weight excluding hydrogens is 272 g/mol. The molecule has 0 saturated carbocycles. The molecule has 4 rings (SSSR count). The average molecular weight is 286 g/mol. The maximum Gasteiger partial charge on any atom is 0.127 e. The van der Waals surface area contributed by atoms with Gasteiger partial charge in [0.2, 0.25) is 0 Å². The Kier molecular flexibility index (Phi) is 2.76. The molecule has 2 heteroatoms. The third-order valence-corrected chi connectivity index (χ3v) is 4.02. The van der Waals surface area contributed by atoms with Crippen LogP contribution in [0.5, 0.6) is 11.5 Å². The predicted molar refractivity (Wildman–Crippen MR) is 90.2 cm³/mol. The van der Waals surface area contributed by atoms with Crippen LogP contribution in [-0.4, -0.2) is 10.2 Å². The Bertz CT molecular complexity index is 949. The van der Waals surface area contributed by atoms with Crippen LogP contribution in [0.3, 0.4) is 0 Å². The number of phenols is 2. The quantitative estimate of drug-likeness (QED) is 0.479. The van der Waals surface area contributed by atoms with Gasteiger partial charge in [0.05, 0.1) is 0 Å². The largest absolute Gasteiger partial charge is 0.508 e. The molecule has 0 bridgehead atoms. The van der Waals surface area contributed by atoms with E-state index in [1.807, 2.05) is 24.3 Å². The van der Waals surface area contributed by atoms with E-state index in [9.17, 15) is 10.2 Å². The summed E-state index contributed by atoms with van der Waals surface area (Å²) in [4.78, 5) is 0. The topological polar surface area (TPSA) is 40.5 Å². The summed E-state index contributed by atoms with van der Waals surface area (Å²) in [6, 6.07) is 23.2. The van der Waals surface area contributed by atoms with E-state index in [-0.39, 0.29) is 11.5 Å². The first kappa shape index (κ1) is 12.7. The summed E-state index contributed by atoms with van der Waals surface area (Å²) >= 11 is 0. The summed E-state index contributed by atoms with van der Waals surface area (Å²) < 4.78 is 0. The summed E-state index contributed by atoms with van der Waals surface area (Å²) in [6.45, 7) is 0. The zero-order chi connectivity index (χ0) is 15.1. The van der Waals surface area contributed by atoms with Gasteiger partial charge < -0.3 is 10.2 Å². The van der Waals surface area contributed by atoms with Crippen molar-refractivity contribution >= 4 is 21.5 Å². The molecule has 0 saturated heterocycles. The second kappa shape index (κ2) is 4.78. The van der Waals surface area contributed by atoms with Gasteiger partial charge in [-0.1, -0.05) is 48.5 Å². The predicted octanol–water partition coefficient (Wildman–Crippen LogP) is 5.07. The zero-order valence-corrected chi connectivity index (χ0v) is 11.8. The van der Waals surface area contributed by atoms with E-state index >= 15 is 0 Å². The Morgan fingerprint density at radius 1 is 0.591 bits per heavy atom. The molecule has 0 aliphatic rings. The molecule has 0 radical (unpaired) electrons. The molecule has 0 spiro atoms. The fraction of sp³-hybridized carbons (Fsp3) is 0. The molecule has 0 aliphatic heterocycles. The van der Waals surface area contributed by atoms with Gasteiger partial charge in [0.1, 0.15) is 11.5 Å². The minimum absolute atomic E-state index is 0.0609. The first-order chi connectivity index (χ1) is 10.7. The van der Waals surface area contributed by atoms with E-state index < -0.39 is 0 Å². The summed E-state index contributed by atoms with van der Waals surface area (Å²) in [6.07, 6.45) is 0. The van der Waals surface area contributed by atoms with Crippen LogP contribution in [0.2, 0.25) is 0 Å². The normalized spacial score (nSPS) is 11.1. The van der Waals surface area contributed by atoms with Crippen LogP contribution >= 0.6 is 0 Å². The lowest BCUT2D eigenvalue weighted by atomic mass is 9.91. The molecule has 22 heavy (non-hydrogen) atoms. The Morgan fingerprint density at radius 2 is 1.18 bits per heavy atom. The lowest BCUT2D eigenvalue weighted by molar-refractivity contribution is 0.452. The summed E-state index contributed by atoms with van der Waals surface area (Å²) in [5.41, 5.74) is 1.72. The van der Waals surface area contributed by atoms with E-state index in [1.54, 1.807) is 12.1 Å². The third kappa shape index (κ3) is 1.89. The summed E-state index contributed by atoms with van der Waals surface area (Å²) in [5, 5.41) is 24.3. The molecule has 106 valence electrons. The molecular formula is C20H14O2. The smallest absolute Gasteiger partial charge is 0.127 e. The van der Waals surface area contributed by atoms with E-state index in [1.165, 1.54) is 6.07 Å². The SMILES string of the molecule is Oc1ccc(-c2c3ccccc3cc3ccccc23)c(O)c1. The lowest BCUT2D eigenvalue weighted by Crippen LogP contribution is -1.86. The highest BCUT2D eigenvalue weighted by Crippen LogP contribution is 2.41. The molecule has 0 aliphatic carbocycles. The number of phenolic OH excluding ortho intramolecular Hbond substituents is 2. The van der Waals surface area contributed by atoms with Crippen LogP contribution in [0.4, 0.5) is 0 Å². The van der Waals surface area contributed by atoms with Crippen LogP contribution in [-0.2, 0) is 0 Å². The highest BCUT2D eigenvalue weighted by atomic mass is 16.3. The Labute approximate surface area is 127 Å². The van der Waals surface area contributed by atoms with Crippen LogP contribution in [0.1, 0.15) is 0 Å². The molecule has 0 heterocycles. The van der Waals surface area contributed by atoms with Crippen LogP contribution in [0.15, 0.2) is 72.8 Å². The molecule has 4 aromatic rings. The fourth-order valence-corrected chi connectivity index (χ4v) is 3.04. The first-order valence-electron chi connectivity index (χ1n) is 7.17. The second-order valence-corrected chi connectivity index (χ2v) is 5.40. The van der Waals surface area contributed by atoms with Crippen LogP contribution in [0.25, 0.3) is 32.7 Å². The lowest BCUT2D eigenvalue weighted by Gasteiger charge is -2.13. The minimum Gasteiger partial charge on any atom is -0.508 e. The molecule has 0 unspecified atom stereocenters. The highest BCUT2D eigenvalue weighted by Gasteiger charge is 2.13. The van der Waals surface area contributed by atoms with E-state index in [0.717, 1.165) is 32.7 Å². The van der Waals surface area contributed by atoms with Gasteiger partial charge in [-0.3, -0.25) is 0 Å². The van der Waals surface area contributed by atoms with Gasteiger partial charge in [0.15, 0.2) is 0 Å². The standard InChI is InChI=1S/C20H14O2/c21-15-9-10-18(19(22)12-15)20-16-7-3-1-5-13(16)11-14-6-2-4-8-17(14)20/h1-12,21-22H. The monoisotopic (exact) mass is 286 g/mol. The molecule has 2 nitrogen and oxygen atoms in total. The number of fused-ring (bicyclic) bond motifs is 2. The number of hydrogen-bond donors (Lipinski definition) is 2. The molecule has 2 N–H and O–H groups in total. The molecule has 0 aromatic heterocycles. The number of aromatic hydroxyl groups is 2. The summed E-state index contributed by atoms with van der Waals surface area (Å²) in [7, 11) is 0. The van der Waals surface area contributed by atoms with E-state index in [4.69, 9.17) is 0 Å². The van der Waals surface area contributed by atoms with Gasteiger partial charge in [0.25, 0.3) is 0 Å². The second-order valence-electron chi connectivity index (χ2n) is 5.40. The van der Waals surface area contributed by atoms with Crippen molar-refractivity contribution in [2.45, 2.75) is 0 Å².